The topological polar surface area (TPSA) is 43.1 Å². The molecule has 0 spiro atoms. The minimum absolute atomic E-state index is 0.192. The number of hydrogen-bond acceptors (Lipinski definition) is 3. The fourth-order valence-corrected chi connectivity index (χ4v) is 1.15. The van der Waals surface area contributed by atoms with E-state index >= 15 is 0 Å². The quantitative estimate of drug-likeness (QED) is 0.677. The summed E-state index contributed by atoms with van der Waals surface area (Å²) in [5.74, 6) is 0.836. The predicted octanol–water partition coefficient (Wildman–Crippen LogP) is 1.25. The molecule has 0 heterocycles. The third-order valence-corrected chi connectivity index (χ3v) is 2.44. The number of thioether (sulfide) groups is 1. The van der Waals surface area contributed by atoms with E-state index in [1.165, 1.54) is 11.8 Å². The number of carbonyl (C=O) groups excluding carboxylic acids is 1. The summed E-state index contributed by atoms with van der Waals surface area (Å²) in [4.78, 5) is 11.2. The summed E-state index contributed by atoms with van der Waals surface area (Å²) in [6.45, 7) is 6.14. The van der Waals surface area contributed by atoms with Crippen molar-refractivity contribution in [1.82, 2.24) is 0 Å². The Morgan fingerprint density at radius 2 is 2.10 bits per heavy atom. The summed E-state index contributed by atoms with van der Waals surface area (Å²) in [7, 11) is 0. The monoisotopic (exact) mass is 161 g/mol. The van der Waals surface area contributed by atoms with Crippen LogP contribution in [0.5, 0.6) is 0 Å². The second kappa shape index (κ2) is 3.98. The van der Waals surface area contributed by atoms with Crippen LogP contribution >= 0.6 is 11.8 Å². The van der Waals surface area contributed by atoms with Crippen LogP contribution in [-0.2, 0) is 4.79 Å². The van der Waals surface area contributed by atoms with E-state index < -0.39 is 0 Å². The van der Waals surface area contributed by atoms with E-state index in [9.17, 15) is 4.79 Å². The van der Waals surface area contributed by atoms with E-state index in [0.717, 1.165) is 5.75 Å². The molecule has 0 radical (unpaired) electrons. The molecule has 2 N–H and O–H groups in total. The van der Waals surface area contributed by atoms with Gasteiger partial charge in [0.05, 0.1) is 0 Å². The maximum Gasteiger partial charge on any atom is 0.195 e. The first kappa shape index (κ1) is 9.98. The molecule has 0 aliphatic heterocycles. The standard InChI is InChI=1S/C7H15NOS/c1-4-10-6(9)7(2,3)5-8/h4-5,8H2,1-3H3. The fourth-order valence-electron chi connectivity index (χ4n) is 0.410. The van der Waals surface area contributed by atoms with Gasteiger partial charge in [0.2, 0.25) is 0 Å². The average Bonchev–Trinajstić information content (AvgIpc) is 1.89. The molecule has 0 aromatic rings. The Morgan fingerprint density at radius 1 is 1.60 bits per heavy atom. The molecule has 0 rings (SSSR count). The minimum atomic E-state index is -0.347. The summed E-state index contributed by atoms with van der Waals surface area (Å²) in [5.41, 5.74) is 5.06. The van der Waals surface area contributed by atoms with Crippen LogP contribution in [0.3, 0.4) is 0 Å². The van der Waals surface area contributed by atoms with Gasteiger partial charge >= 0.3 is 0 Å². The predicted molar refractivity (Wildman–Crippen MR) is 46.0 cm³/mol. The van der Waals surface area contributed by atoms with Gasteiger partial charge in [0.25, 0.3) is 0 Å². The minimum Gasteiger partial charge on any atom is -0.329 e. The maximum atomic E-state index is 11.2. The SMILES string of the molecule is CCSC(=O)C(C)(C)CN. The largest absolute Gasteiger partial charge is 0.329 e. The molecule has 2 nitrogen and oxygen atoms in total. The third kappa shape index (κ3) is 2.71. The highest BCUT2D eigenvalue weighted by Crippen LogP contribution is 2.21. The Balaban J connectivity index is 3.91. The van der Waals surface area contributed by atoms with Gasteiger partial charge < -0.3 is 5.73 Å². The van der Waals surface area contributed by atoms with E-state index in [0.29, 0.717) is 6.54 Å². The second-order valence-corrected chi connectivity index (χ2v) is 4.05. The molecular weight excluding hydrogens is 146 g/mol. The lowest BCUT2D eigenvalue weighted by molar-refractivity contribution is -0.117. The van der Waals surface area contributed by atoms with E-state index in [-0.39, 0.29) is 10.5 Å². The van der Waals surface area contributed by atoms with Crippen molar-refractivity contribution in [2.75, 3.05) is 12.3 Å². The molecule has 0 unspecified atom stereocenters. The highest BCUT2D eigenvalue weighted by Gasteiger charge is 2.24. The molecule has 3 heteroatoms. The van der Waals surface area contributed by atoms with Crippen molar-refractivity contribution < 1.29 is 4.79 Å². The summed E-state index contributed by atoms with van der Waals surface area (Å²) >= 11 is 1.34. The molecule has 10 heavy (non-hydrogen) atoms. The van der Waals surface area contributed by atoms with Crippen molar-refractivity contribution in [2.24, 2.45) is 11.1 Å². The van der Waals surface area contributed by atoms with Gasteiger partial charge in [-0.2, -0.15) is 0 Å². The lowest BCUT2D eigenvalue weighted by atomic mass is 9.96. The first-order chi connectivity index (χ1) is 4.54. The van der Waals surface area contributed by atoms with Crippen molar-refractivity contribution in [2.45, 2.75) is 20.8 Å². The van der Waals surface area contributed by atoms with Crippen molar-refractivity contribution in [3.05, 3.63) is 0 Å². The maximum absolute atomic E-state index is 11.2. The number of carbonyl (C=O) groups is 1. The van der Waals surface area contributed by atoms with Crippen LogP contribution in [0.4, 0.5) is 0 Å². The Morgan fingerprint density at radius 3 is 2.40 bits per heavy atom. The Labute approximate surface area is 66.6 Å². The molecule has 0 aromatic carbocycles. The van der Waals surface area contributed by atoms with Gasteiger partial charge in [-0.15, -0.1) is 0 Å². The van der Waals surface area contributed by atoms with Crippen LogP contribution < -0.4 is 5.73 Å². The van der Waals surface area contributed by atoms with Gasteiger partial charge in [0, 0.05) is 12.0 Å². The molecule has 0 aromatic heterocycles. The van der Waals surface area contributed by atoms with Gasteiger partial charge in [-0.1, -0.05) is 32.5 Å². The summed E-state index contributed by atoms with van der Waals surface area (Å²) in [5, 5.41) is 0.192. The Kier molecular flexibility index (Phi) is 3.98. The molecule has 0 amide bonds. The second-order valence-electron chi connectivity index (χ2n) is 2.81. The van der Waals surface area contributed by atoms with E-state index in [1.54, 1.807) is 0 Å². The molecule has 0 aliphatic rings. The molecule has 0 atom stereocenters. The highest BCUT2D eigenvalue weighted by atomic mass is 32.2. The molecular formula is C7H15NOS. The third-order valence-electron chi connectivity index (χ3n) is 1.34. The Bertz CT molecular complexity index is 123. The van der Waals surface area contributed by atoms with Crippen molar-refractivity contribution in [3.8, 4) is 0 Å². The van der Waals surface area contributed by atoms with E-state index in [4.69, 9.17) is 5.73 Å². The normalized spacial score (nSPS) is 11.6. The van der Waals surface area contributed by atoms with E-state index in [1.807, 2.05) is 20.8 Å². The van der Waals surface area contributed by atoms with Crippen LogP contribution in [0.2, 0.25) is 0 Å². The molecule has 0 aliphatic carbocycles. The lowest BCUT2D eigenvalue weighted by Crippen LogP contribution is -2.30. The van der Waals surface area contributed by atoms with Crippen LogP contribution in [0.15, 0.2) is 0 Å². The van der Waals surface area contributed by atoms with Crippen molar-refractivity contribution >= 4 is 16.9 Å². The highest BCUT2D eigenvalue weighted by molar-refractivity contribution is 8.13. The van der Waals surface area contributed by atoms with Gasteiger partial charge in [-0.3, -0.25) is 4.79 Å². The fraction of sp³-hybridized carbons (Fsp3) is 0.857. The molecule has 60 valence electrons. The number of rotatable bonds is 3. The average molecular weight is 161 g/mol. The van der Waals surface area contributed by atoms with Crippen LogP contribution in [0.1, 0.15) is 20.8 Å². The molecule has 0 fully saturated rings. The first-order valence-corrected chi connectivity index (χ1v) is 4.40. The first-order valence-electron chi connectivity index (χ1n) is 3.42. The van der Waals surface area contributed by atoms with Gasteiger partial charge in [-0.25, -0.2) is 0 Å². The zero-order valence-electron chi connectivity index (χ0n) is 6.81. The van der Waals surface area contributed by atoms with Gasteiger partial charge in [0.1, 0.15) is 0 Å². The Hall–Kier alpha value is -0.0200. The van der Waals surface area contributed by atoms with Crippen molar-refractivity contribution in [1.29, 1.82) is 0 Å². The van der Waals surface area contributed by atoms with Crippen molar-refractivity contribution in [3.63, 3.8) is 0 Å². The molecule has 0 saturated carbocycles. The molecule has 0 saturated heterocycles. The smallest absolute Gasteiger partial charge is 0.195 e. The summed E-state index contributed by atoms with van der Waals surface area (Å²) in [6, 6.07) is 0. The van der Waals surface area contributed by atoms with Crippen LogP contribution in [0.25, 0.3) is 0 Å². The molecule has 0 bridgehead atoms. The number of nitrogens with two attached hydrogens (primary N) is 1. The number of hydrogen-bond donors (Lipinski definition) is 1. The van der Waals surface area contributed by atoms with Crippen LogP contribution in [-0.4, -0.2) is 17.4 Å². The summed E-state index contributed by atoms with van der Waals surface area (Å²) in [6.07, 6.45) is 0. The van der Waals surface area contributed by atoms with Gasteiger partial charge in [0.15, 0.2) is 5.12 Å². The lowest BCUT2D eigenvalue weighted by Gasteiger charge is -2.18. The van der Waals surface area contributed by atoms with Gasteiger partial charge in [-0.05, 0) is 5.75 Å². The van der Waals surface area contributed by atoms with E-state index in [2.05, 4.69) is 0 Å². The summed E-state index contributed by atoms with van der Waals surface area (Å²) < 4.78 is 0. The van der Waals surface area contributed by atoms with Crippen LogP contribution in [0, 0.1) is 5.41 Å². The zero-order valence-corrected chi connectivity index (χ0v) is 7.62. The zero-order chi connectivity index (χ0) is 8.20.